The van der Waals surface area contributed by atoms with Gasteiger partial charge in [0.2, 0.25) is 5.91 Å². The molecule has 1 amide bonds. The lowest BCUT2D eigenvalue weighted by molar-refractivity contribution is -0.116. The van der Waals surface area contributed by atoms with Gasteiger partial charge in [-0.15, -0.1) is 0 Å². The van der Waals surface area contributed by atoms with Gasteiger partial charge >= 0.3 is 0 Å². The molecule has 0 aliphatic rings. The summed E-state index contributed by atoms with van der Waals surface area (Å²) in [4.78, 5) is 15.3. The molecule has 2 rings (SSSR count). The second kappa shape index (κ2) is 5.06. The Hall–Kier alpha value is -2.44. The molecule has 0 aliphatic heterocycles. The first-order chi connectivity index (χ1) is 8.25. The Morgan fingerprint density at radius 1 is 1.65 bits per heavy atom. The van der Waals surface area contributed by atoms with Crippen LogP contribution in [0.3, 0.4) is 0 Å². The lowest BCUT2D eigenvalue weighted by atomic mass is 10.3. The molecule has 7 nitrogen and oxygen atoms in total. The largest absolute Gasteiger partial charge is 0.345 e. The molecule has 2 aromatic rings. The summed E-state index contributed by atoms with van der Waals surface area (Å²) in [5.41, 5.74) is 0.861. The molecule has 2 N–H and O–H groups in total. The van der Waals surface area contributed by atoms with Crippen LogP contribution in [-0.2, 0) is 18.4 Å². The molecule has 0 saturated carbocycles. The number of H-pyrrole nitrogens is 1. The monoisotopic (exact) mass is 232 g/mol. The predicted octanol–water partition coefficient (Wildman–Crippen LogP) is -0.132. The number of aromatic amines is 1. The summed E-state index contributed by atoms with van der Waals surface area (Å²) in [6, 6.07) is 1.82. The molecule has 0 aliphatic carbocycles. The van der Waals surface area contributed by atoms with E-state index in [1.807, 2.05) is 13.1 Å². The minimum atomic E-state index is -0.192. The SMILES string of the molecule is Cn1nccc1/C=C/C(=O)NCc1ncn[nH]1. The maximum Gasteiger partial charge on any atom is 0.244 e. The second-order valence-corrected chi connectivity index (χ2v) is 3.36. The van der Waals surface area contributed by atoms with Crippen molar-refractivity contribution in [3.8, 4) is 0 Å². The van der Waals surface area contributed by atoms with Crippen LogP contribution in [0.2, 0.25) is 0 Å². The standard InChI is InChI=1S/C10H12N6O/c1-16-8(4-5-14-16)2-3-10(17)11-6-9-12-7-13-15-9/h2-5,7H,6H2,1H3,(H,11,17)(H,12,13,15)/b3-2+. The van der Waals surface area contributed by atoms with Crippen LogP contribution in [-0.4, -0.2) is 30.9 Å². The summed E-state index contributed by atoms with van der Waals surface area (Å²) in [7, 11) is 1.81. The third kappa shape index (κ3) is 3.00. The molecular weight excluding hydrogens is 220 g/mol. The third-order valence-electron chi connectivity index (χ3n) is 2.16. The molecule has 0 spiro atoms. The van der Waals surface area contributed by atoms with Gasteiger partial charge in [0.25, 0.3) is 0 Å². The Kier molecular flexibility index (Phi) is 3.29. The average molecular weight is 232 g/mol. The van der Waals surface area contributed by atoms with Crippen LogP contribution in [0.1, 0.15) is 11.5 Å². The van der Waals surface area contributed by atoms with Crippen molar-refractivity contribution in [3.05, 3.63) is 36.2 Å². The van der Waals surface area contributed by atoms with Crippen molar-refractivity contribution in [2.24, 2.45) is 7.05 Å². The molecular formula is C10H12N6O. The maximum atomic E-state index is 11.5. The first-order valence-electron chi connectivity index (χ1n) is 5.04. The van der Waals surface area contributed by atoms with E-state index in [4.69, 9.17) is 0 Å². The van der Waals surface area contributed by atoms with E-state index < -0.39 is 0 Å². The number of amides is 1. The van der Waals surface area contributed by atoms with Crippen LogP contribution < -0.4 is 5.32 Å². The summed E-state index contributed by atoms with van der Waals surface area (Å²) in [5.74, 6) is 0.426. The Labute approximate surface area is 97.6 Å². The Morgan fingerprint density at radius 3 is 3.18 bits per heavy atom. The summed E-state index contributed by atoms with van der Waals surface area (Å²) in [5, 5.41) is 13.0. The fourth-order valence-corrected chi connectivity index (χ4v) is 1.25. The number of carbonyl (C=O) groups excluding carboxylic acids is 1. The summed E-state index contributed by atoms with van der Waals surface area (Å²) < 4.78 is 1.68. The zero-order valence-electron chi connectivity index (χ0n) is 9.29. The number of aryl methyl sites for hydroxylation is 1. The van der Waals surface area contributed by atoms with E-state index >= 15 is 0 Å². The van der Waals surface area contributed by atoms with Crippen LogP contribution in [0.25, 0.3) is 6.08 Å². The molecule has 17 heavy (non-hydrogen) atoms. The van der Waals surface area contributed by atoms with Crippen molar-refractivity contribution in [2.45, 2.75) is 6.54 Å². The summed E-state index contributed by atoms with van der Waals surface area (Å²) >= 11 is 0. The molecule has 0 bridgehead atoms. The Morgan fingerprint density at radius 2 is 2.53 bits per heavy atom. The summed E-state index contributed by atoms with van der Waals surface area (Å²) in [6.07, 6.45) is 6.22. The quantitative estimate of drug-likeness (QED) is 0.718. The van der Waals surface area contributed by atoms with Crippen LogP contribution in [0.5, 0.6) is 0 Å². The van der Waals surface area contributed by atoms with E-state index in [1.165, 1.54) is 12.4 Å². The van der Waals surface area contributed by atoms with E-state index in [1.54, 1.807) is 17.0 Å². The zero-order valence-corrected chi connectivity index (χ0v) is 9.29. The number of nitrogens with zero attached hydrogens (tertiary/aromatic N) is 4. The Bertz CT molecular complexity index is 513. The highest BCUT2D eigenvalue weighted by Gasteiger charge is 1.99. The Balaban J connectivity index is 1.85. The van der Waals surface area contributed by atoms with E-state index in [2.05, 4.69) is 25.6 Å². The highest BCUT2D eigenvalue weighted by Crippen LogP contribution is 1.98. The van der Waals surface area contributed by atoms with Crippen molar-refractivity contribution < 1.29 is 4.79 Å². The van der Waals surface area contributed by atoms with Gasteiger partial charge in [-0.05, 0) is 12.1 Å². The molecule has 7 heteroatoms. The van der Waals surface area contributed by atoms with Gasteiger partial charge in [-0.2, -0.15) is 10.2 Å². The lowest BCUT2D eigenvalue weighted by Gasteiger charge is -1.98. The van der Waals surface area contributed by atoms with Crippen molar-refractivity contribution in [3.63, 3.8) is 0 Å². The van der Waals surface area contributed by atoms with Crippen molar-refractivity contribution in [1.29, 1.82) is 0 Å². The topological polar surface area (TPSA) is 88.5 Å². The van der Waals surface area contributed by atoms with Crippen LogP contribution in [0, 0.1) is 0 Å². The highest BCUT2D eigenvalue weighted by molar-refractivity contribution is 5.91. The molecule has 2 heterocycles. The first kappa shape index (κ1) is 11.1. The van der Waals surface area contributed by atoms with E-state index in [9.17, 15) is 4.79 Å². The van der Waals surface area contributed by atoms with Crippen LogP contribution in [0.15, 0.2) is 24.7 Å². The number of aromatic nitrogens is 5. The van der Waals surface area contributed by atoms with E-state index in [-0.39, 0.29) is 5.91 Å². The second-order valence-electron chi connectivity index (χ2n) is 3.36. The summed E-state index contributed by atoms with van der Waals surface area (Å²) in [6.45, 7) is 0.328. The minimum Gasteiger partial charge on any atom is -0.345 e. The number of rotatable bonds is 4. The number of hydrogen-bond donors (Lipinski definition) is 2. The fourth-order valence-electron chi connectivity index (χ4n) is 1.25. The van der Waals surface area contributed by atoms with Crippen LogP contribution >= 0.6 is 0 Å². The van der Waals surface area contributed by atoms with Gasteiger partial charge in [0, 0.05) is 19.3 Å². The predicted molar refractivity (Wildman–Crippen MR) is 60.5 cm³/mol. The molecule has 0 aromatic carbocycles. The van der Waals surface area contributed by atoms with Crippen molar-refractivity contribution >= 4 is 12.0 Å². The molecule has 0 fully saturated rings. The van der Waals surface area contributed by atoms with Crippen molar-refractivity contribution in [1.82, 2.24) is 30.3 Å². The number of hydrogen-bond acceptors (Lipinski definition) is 4. The van der Waals surface area contributed by atoms with Gasteiger partial charge < -0.3 is 5.32 Å². The molecule has 88 valence electrons. The lowest BCUT2D eigenvalue weighted by Crippen LogP contribution is -2.21. The highest BCUT2D eigenvalue weighted by atomic mass is 16.1. The first-order valence-corrected chi connectivity index (χ1v) is 5.04. The molecule has 2 aromatic heterocycles. The van der Waals surface area contributed by atoms with Crippen molar-refractivity contribution in [2.75, 3.05) is 0 Å². The van der Waals surface area contributed by atoms with Gasteiger partial charge in [-0.25, -0.2) is 4.98 Å². The van der Waals surface area contributed by atoms with E-state index in [0.717, 1.165) is 5.69 Å². The van der Waals surface area contributed by atoms with Gasteiger partial charge in [-0.1, -0.05) is 0 Å². The molecule has 0 atom stereocenters. The van der Waals surface area contributed by atoms with Gasteiger partial charge in [-0.3, -0.25) is 14.6 Å². The number of carbonyl (C=O) groups is 1. The van der Waals surface area contributed by atoms with Gasteiger partial charge in [0.15, 0.2) is 0 Å². The van der Waals surface area contributed by atoms with Gasteiger partial charge in [0.1, 0.15) is 12.2 Å². The minimum absolute atomic E-state index is 0.192. The number of nitrogens with one attached hydrogen (secondary N) is 2. The van der Waals surface area contributed by atoms with Crippen LogP contribution in [0.4, 0.5) is 0 Å². The fraction of sp³-hybridized carbons (Fsp3) is 0.200. The zero-order chi connectivity index (χ0) is 12.1. The third-order valence-corrected chi connectivity index (χ3v) is 2.16. The van der Waals surface area contributed by atoms with Gasteiger partial charge in [0.05, 0.1) is 12.2 Å². The smallest absolute Gasteiger partial charge is 0.244 e. The molecule has 0 saturated heterocycles. The maximum absolute atomic E-state index is 11.5. The molecule has 0 unspecified atom stereocenters. The average Bonchev–Trinajstić information content (AvgIpc) is 2.95. The normalized spacial score (nSPS) is 10.9. The molecule has 0 radical (unpaired) electrons. The van der Waals surface area contributed by atoms with E-state index in [0.29, 0.717) is 12.4 Å².